The van der Waals surface area contributed by atoms with Crippen molar-refractivity contribution in [1.82, 2.24) is 0 Å². The Morgan fingerprint density at radius 3 is 2.25 bits per heavy atom. The summed E-state index contributed by atoms with van der Waals surface area (Å²) in [5.41, 5.74) is 0. The maximum absolute atomic E-state index is 8.46. The van der Waals surface area contributed by atoms with Gasteiger partial charge in [0.1, 0.15) is 0 Å². The van der Waals surface area contributed by atoms with E-state index in [9.17, 15) is 0 Å². The summed E-state index contributed by atoms with van der Waals surface area (Å²) >= 11 is 0. The zero-order valence-electron chi connectivity index (χ0n) is 7.69. The van der Waals surface area contributed by atoms with Gasteiger partial charge in [-0.1, -0.05) is 18.8 Å². The second-order valence-electron chi connectivity index (χ2n) is 2.53. The van der Waals surface area contributed by atoms with Gasteiger partial charge in [-0.25, -0.2) is 0 Å². The van der Waals surface area contributed by atoms with Crippen molar-refractivity contribution in [3.63, 3.8) is 0 Å². The Hall–Kier alpha value is -0.920. The standard InChI is InChI=1S/C11H16O/c1-2-3-4-5-6-7-8-9-10-11-12/h12H,2-3,8-11H2,1H3. The normalized spacial score (nSPS) is 7.83. The van der Waals surface area contributed by atoms with Crippen molar-refractivity contribution < 1.29 is 5.11 Å². The molecule has 0 aromatic heterocycles. The summed E-state index contributed by atoms with van der Waals surface area (Å²) in [7, 11) is 0. The first-order valence-electron chi connectivity index (χ1n) is 4.48. The third-order valence-electron chi connectivity index (χ3n) is 1.32. The van der Waals surface area contributed by atoms with Gasteiger partial charge in [0.25, 0.3) is 0 Å². The van der Waals surface area contributed by atoms with Crippen LogP contribution in [0, 0.1) is 23.7 Å². The molecule has 0 aromatic carbocycles. The number of aliphatic hydroxyl groups excluding tert-OH is 1. The van der Waals surface area contributed by atoms with Crippen LogP contribution in [0.4, 0.5) is 0 Å². The maximum atomic E-state index is 8.46. The number of hydrogen-bond acceptors (Lipinski definition) is 1. The molecule has 0 atom stereocenters. The maximum Gasteiger partial charge on any atom is 0.0431 e. The fourth-order valence-electron chi connectivity index (χ4n) is 0.664. The van der Waals surface area contributed by atoms with E-state index in [-0.39, 0.29) is 6.61 Å². The molecular formula is C11H16O. The van der Waals surface area contributed by atoms with Gasteiger partial charge in [0.05, 0.1) is 0 Å². The monoisotopic (exact) mass is 164 g/mol. The van der Waals surface area contributed by atoms with Crippen LogP contribution < -0.4 is 0 Å². The van der Waals surface area contributed by atoms with E-state index in [0.29, 0.717) is 0 Å². The van der Waals surface area contributed by atoms with Crippen molar-refractivity contribution in [1.29, 1.82) is 0 Å². The molecule has 0 spiro atoms. The van der Waals surface area contributed by atoms with Crippen LogP contribution in [0.15, 0.2) is 0 Å². The molecule has 1 heteroatoms. The lowest BCUT2D eigenvalue weighted by Gasteiger charge is -1.86. The average molecular weight is 164 g/mol. The van der Waals surface area contributed by atoms with Crippen LogP contribution in [-0.4, -0.2) is 11.7 Å². The Balaban J connectivity index is 3.29. The number of aliphatic hydroxyl groups is 1. The molecule has 66 valence electrons. The van der Waals surface area contributed by atoms with Gasteiger partial charge in [0.2, 0.25) is 0 Å². The predicted octanol–water partition coefficient (Wildman–Crippen LogP) is 1.96. The van der Waals surface area contributed by atoms with E-state index in [1.807, 2.05) is 0 Å². The lowest BCUT2D eigenvalue weighted by Crippen LogP contribution is -1.80. The Bertz CT molecular complexity index is 197. The average Bonchev–Trinajstić information content (AvgIpc) is 2.10. The lowest BCUT2D eigenvalue weighted by molar-refractivity contribution is 0.285. The minimum absolute atomic E-state index is 0.267. The highest BCUT2D eigenvalue weighted by Gasteiger charge is 1.80. The molecule has 0 saturated carbocycles. The Morgan fingerprint density at radius 1 is 1.00 bits per heavy atom. The molecule has 0 aliphatic heterocycles. The van der Waals surface area contributed by atoms with Crippen molar-refractivity contribution in [2.45, 2.75) is 39.0 Å². The second-order valence-corrected chi connectivity index (χ2v) is 2.53. The van der Waals surface area contributed by atoms with Crippen molar-refractivity contribution in [3.8, 4) is 23.7 Å². The molecule has 0 fully saturated rings. The summed E-state index contributed by atoms with van der Waals surface area (Å²) < 4.78 is 0. The molecule has 0 aliphatic carbocycles. The lowest BCUT2D eigenvalue weighted by atomic mass is 10.2. The van der Waals surface area contributed by atoms with Gasteiger partial charge in [-0.15, -0.1) is 0 Å². The van der Waals surface area contributed by atoms with Gasteiger partial charge in [0, 0.05) is 19.4 Å². The number of hydrogen-bond donors (Lipinski definition) is 1. The topological polar surface area (TPSA) is 20.2 Å². The van der Waals surface area contributed by atoms with Crippen LogP contribution in [-0.2, 0) is 0 Å². The largest absolute Gasteiger partial charge is 0.396 e. The SMILES string of the molecule is CCCC#CC#CCCCCO. The zero-order chi connectivity index (χ0) is 9.07. The van der Waals surface area contributed by atoms with Gasteiger partial charge in [-0.05, 0) is 31.1 Å². The molecule has 1 nitrogen and oxygen atoms in total. The summed E-state index contributed by atoms with van der Waals surface area (Å²) in [4.78, 5) is 0. The Morgan fingerprint density at radius 2 is 1.67 bits per heavy atom. The summed E-state index contributed by atoms with van der Waals surface area (Å²) in [5.74, 6) is 11.5. The quantitative estimate of drug-likeness (QED) is 0.497. The predicted molar refractivity (Wildman–Crippen MR) is 51.4 cm³/mol. The van der Waals surface area contributed by atoms with E-state index < -0.39 is 0 Å². The fraction of sp³-hybridized carbons (Fsp3) is 0.636. The first kappa shape index (κ1) is 11.1. The van der Waals surface area contributed by atoms with E-state index >= 15 is 0 Å². The third-order valence-corrected chi connectivity index (χ3v) is 1.32. The van der Waals surface area contributed by atoms with Crippen LogP contribution in [0.2, 0.25) is 0 Å². The Kier molecular flexibility index (Phi) is 9.31. The summed E-state index contributed by atoms with van der Waals surface area (Å²) in [5, 5.41) is 8.46. The summed E-state index contributed by atoms with van der Waals surface area (Å²) in [6, 6.07) is 0. The van der Waals surface area contributed by atoms with Crippen molar-refractivity contribution in [2.24, 2.45) is 0 Å². The van der Waals surface area contributed by atoms with E-state index in [2.05, 4.69) is 30.6 Å². The molecular weight excluding hydrogens is 148 g/mol. The van der Waals surface area contributed by atoms with Crippen LogP contribution in [0.5, 0.6) is 0 Å². The first-order valence-corrected chi connectivity index (χ1v) is 4.48. The van der Waals surface area contributed by atoms with Gasteiger partial charge in [0.15, 0.2) is 0 Å². The van der Waals surface area contributed by atoms with E-state index in [1.54, 1.807) is 0 Å². The molecule has 0 unspecified atom stereocenters. The van der Waals surface area contributed by atoms with Crippen molar-refractivity contribution in [3.05, 3.63) is 0 Å². The molecule has 0 saturated heterocycles. The minimum Gasteiger partial charge on any atom is -0.396 e. The zero-order valence-corrected chi connectivity index (χ0v) is 7.69. The van der Waals surface area contributed by atoms with Crippen molar-refractivity contribution in [2.75, 3.05) is 6.61 Å². The fourth-order valence-corrected chi connectivity index (χ4v) is 0.664. The summed E-state index contributed by atoms with van der Waals surface area (Å²) in [6.07, 6.45) is 4.70. The van der Waals surface area contributed by atoms with E-state index in [4.69, 9.17) is 5.11 Å². The highest BCUT2D eigenvalue weighted by Crippen LogP contribution is 1.90. The van der Waals surface area contributed by atoms with Crippen LogP contribution in [0.3, 0.4) is 0 Å². The molecule has 0 heterocycles. The van der Waals surface area contributed by atoms with Gasteiger partial charge >= 0.3 is 0 Å². The molecule has 0 aromatic rings. The van der Waals surface area contributed by atoms with Gasteiger partial charge < -0.3 is 5.11 Å². The molecule has 0 aliphatic rings. The van der Waals surface area contributed by atoms with Crippen LogP contribution in [0.25, 0.3) is 0 Å². The molecule has 0 bridgehead atoms. The third kappa shape index (κ3) is 9.08. The molecule has 0 rings (SSSR count). The van der Waals surface area contributed by atoms with Gasteiger partial charge in [-0.2, -0.15) is 0 Å². The minimum atomic E-state index is 0.267. The van der Waals surface area contributed by atoms with E-state index in [0.717, 1.165) is 32.1 Å². The molecule has 0 amide bonds. The first-order chi connectivity index (χ1) is 5.91. The molecule has 0 radical (unpaired) electrons. The van der Waals surface area contributed by atoms with Crippen molar-refractivity contribution >= 4 is 0 Å². The van der Waals surface area contributed by atoms with Crippen LogP contribution >= 0.6 is 0 Å². The summed E-state index contributed by atoms with van der Waals surface area (Å²) in [6.45, 7) is 2.37. The highest BCUT2D eigenvalue weighted by atomic mass is 16.2. The number of unbranched alkanes of at least 4 members (excludes halogenated alkanes) is 3. The number of rotatable bonds is 4. The highest BCUT2D eigenvalue weighted by molar-refractivity contribution is 5.25. The molecule has 12 heavy (non-hydrogen) atoms. The smallest absolute Gasteiger partial charge is 0.0431 e. The van der Waals surface area contributed by atoms with Crippen LogP contribution in [0.1, 0.15) is 39.0 Å². The van der Waals surface area contributed by atoms with Gasteiger partial charge in [-0.3, -0.25) is 0 Å². The van der Waals surface area contributed by atoms with E-state index in [1.165, 1.54) is 0 Å². The second kappa shape index (κ2) is 10.1. The molecule has 1 N–H and O–H groups in total. The Labute approximate surface area is 75.2 Å².